The second-order valence-electron chi connectivity index (χ2n) is 4.08. The maximum Gasteiger partial charge on any atom is 0.269 e. The van der Waals surface area contributed by atoms with Crippen molar-refractivity contribution in [3.05, 3.63) is 60.2 Å². The molecule has 3 heteroatoms. The van der Waals surface area contributed by atoms with Crippen LogP contribution in [-0.4, -0.2) is 12.2 Å². The number of anilines is 1. The fourth-order valence-electron chi connectivity index (χ4n) is 1.61. The van der Waals surface area contributed by atoms with E-state index >= 15 is 0 Å². The zero-order valence-electron chi connectivity index (χ0n) is 10.5. The van der Waals surface area contributed by atoms with Gasteiger partial charge in [0.2, 0.25) is 0 Å². The van der Waals surface area contributed by atoms with E-state index in [9.17, 15) is 0 Å². The Kier molecular flexibility index (Phi) is 3.95. The number of nitrogens with zero attached hydrogens (tertiary/aromatic N) is 1. The molecule has 2 nitrogen and oxygen atoms in total. The number of hydrogen-bond acceptors (Lipinski definition) is 2. The number of hydrogen-bond donors (Lipinski definition) is 0. The Morgan fingerprint density at radius 1 is 1.06 bits per heavy atom. The molecule has 0 atom stereocenters. The zero-order valence-corrected chi connectivity index (χ0v) is 11.3. The van der Waals surface area contributed by atoms with Gasteiger partial charge in [0.05, 0.1) is 0 Å². The van der Waals surface area contributed by atoms with Crippen molar-refractivity contribution in [3.63, 3.8) is 0 Å². The summed E-state index contributed by atoms with van der Waals surface area (Å²) in [5.41, 5.74) is 2.16. The highest BCUT2D eigenvalue weighted by Crippen LogP contribution is 2.16. The van der Waals surface area contributed by atoms with Crippen LogP contribution in [0.25, 0.3) is 0 Å². The molecule has 0 aromatic heterocycles. The molecule has 2 aromatic carbocycles. The smallest absolute Gasteiger partial charge is 0.269 e. The summed E-state index contributed by atoms with van der Waals surface area (Å²) in [6, 6.07) is 17.7. The molecule has 0 fully saturated rings. The second-order valence-corrected chi connectivity index (χ2v) is 4.43. The van der Waals surface area contributed by atoms with Crippen molar-refractivity contribution in [1.82, 2.24) is 0 Å². The number of ether oxygens (including phenoxy) is 1. The molecule has 0 aliphatic rings. The predicted octanol–water partition coefficient (Wildman–Crippen LogP) is 3.80. The van der Waals surface area contributed by atoms with Crippen LogP contribution in [0, 0.1) is 6.92 Å². The monoisotopic (exact) mass is 257 g/mol. The first kappa shape index (κ1) is 12.6. The summed E-state index contributed by atoms with van der Waals surface area (Å²) in [5.74, 6) is 0.766. The highest BCUT2D eigenvalue weighted by atomic mass is 32.1. The average Bonchev–Trinajstić information content (AvgIpc) is 2.39. The fraction of sp³-hybridized carbons (Fsp3) is 0.133. The van der Waals surface area contributed by atoms with Crippen LogP contribution in [-0.2, 0) is 0 Å². The van der Waals surface area contributed by atoms with Gasteiger partial charge in [0.25, 0.3) is 5.17 Å². The first-order chi connectivity index (χ1) is 8.66. The highest BCUT2D eigenvalue weighted by molar-refractivity contribution is 7.80. The van der Waals surface area contributed by atoms with Gasteiger partial charge in [0.15, 0.2) is 0 Å². The SMILES string of the molecule is Cc1cccc(OC(=S)N(C)c2ccccc2)c1. The van der Waals surface area contributed by atoms with Crippen LogP contribution in [0.3, 0.4) is 0 Å². The van der Waals surface area contributed by atoms with Gasteiger partial charge < -0.3 is 9.64 Å². The normalized spacial score (nSPS) is 9.89. The van der Waals surface area contributed by atoms with Gasteiger partial charge in [-0.2, -0.15) is 0 Å². The van der Waals surface area contributed by atoms with E-state index in [1.54, 1.807) is 0 Å². The molecule has 0 heterocycles. The minimum absolute atomic E-state index is 0.437. The second kappa shape index (κ2) is 5.65. The lowest BCUT2D eigenvalue weighted by molar-refractivity contribution is 0.551. The largest absolute Gasteiger partial charge is 0.432 e. The van der Waals surface area contributed by atoms with Crippen molar-refractivity contribution >= 4 is 23.1 Å². The molecule has 0 saturated carbocycles. The zero-order chi connectivity index (χ0) is 13.0. The number of rotatable bonds is 2. The van der Waals surface area contributed by atoms with E-state index in [0.29, 0.717) is 5.17 Å². The first-order valence-electron chi connectivity index (χ1n) is 5.74. The molecule has 18 heavy (non-hydrogen) atoms. The van der Waals surface area contributed by atoms with E-state index in [2.05, 4.69) is 0 Å². The molecule has 0 radical (unpaired) electrons. The molecule has 0 aliphatic carbocycles. The number of para-hydroxylation sites is 1. The third kappa shape index (κ3) is 3.08. The summed E-state index contributed by atoms with van der Waals surface area (Å²) < 4.78 is 5.67. The molecule has 0 amide bonds. The van der Waals surface area contributed by atoms with Crippen molar-refractivity contribution in [2.75, 3.05) is 11.9 Å². The Bertz CT molecular complexity index is 539. The van der Waals surface area contributed by atoms with Crippen LogP contribution < -0.4 is 9.64 Å². The van der Waals surface area contributed by atoms with Crippen LogP contribution in [0.4, 0.5) is 5.69 Å². The minimum atomic E-state index is 0.437. The molecule has 2 aromatic rings. The molecule has 0 spiro atoms. The lowest BCUT2D eigenvalue weighted by Gasteiger charge is -2.19. The molecule has 2 rings (SSSR count). The Hall–Kier alpha value is -1.87. The number of thiocarbonyl (C=S) groups is 1. The van der Waals surface area contributed by atoms with E-state index in [4.69, 9.17) is 17.0 Å². The predicted molar refractivity (Wildman–Crippen MR) is 79.3 cm³/mol. The van der Waals surface area contributed by atoms with E-state index in [1.165, 1.54) is 0 Å². The van der Waals surface area contributed by atoms with Gasteiger partial charge in [-0.05, 0) is 49.0 Å². The van der Waals surface area contributed by atoms with Gasteiger partial charge in [-0.15, -0.1) is 0 Å². The number of aryl methyl sites for hydroxylation is 1. The quantitative estimate of drug-likeness (QED) is 0.759. The van der Waals surface area contributed by atoms with Crippen LogP contribution in [0.15, 0.2) is 54.6 Å². The summed E-state index contributed by atoms with van der Waals surface area (Å²) in [6.07, 6.45) is 0. The van der Waals surface area contributed by atoms with Crippen molar-refractivity contribution in [2.45, 2.75) is 6.92 Å². The standard InChI is InChI=1S/C15H15NOS/c1-12-7-6-10-14(11-12)17-15(18)16(2)13-8-4-3-5-9-13/h3-11H,1-2H3. The van der Waals surface area contributed by atoms with Crippen molar-refractivity contribution in [3.8, 4) is 5.75 Å². The van der Waals surface area contributed by atoms with Crippen LogP contribution in [0.2, 0.25) is 0 Å². The van der Waals surface area contributed by atoms with Gasteiger partial charge >= 0.3 is 0 Å². The summed E-state index contributed by atoms with van der Waals surface area (Å²) in [5, 5.41) is 0.437. The summed E-state index contributed by atoms with van der Waals surface area (Å²) in [7, 11) is 1.90. The van der Waals surface area contributed by atoms with Gasteiger partial charge in [-0.1, -0.05) is 30.3 Å². The molecule has 0 saturated heterocycles. The van der Waals surface area contributed by atoms with Gasteiger partial charge in [0.1, 0.15) is 5.75 Å². The average molecular weight is 257 g/mol. The molecular weight excluding hydrogens is 242 g/mol. The lowest BCUT2D eigenvalue weighted by Crippen LogP contribution is -2.29. The van der Waals surface area contributed by atoms with Crippen LogP contribution >= 0.6 is 12.2 Å². The van der Waals surface area contributed by atoms with Crippen LogP contribution in [0.5, 0.6) is 5.75 Å². The van der Waals surface area contributed by atoms with E-state index in [1.807, 2.05) is 73.5 Å². The van der Waals surface area contributed by atoms with Gasteiger partial charge in [-0.25, -0.2) is 0 Å². The topological polar surface area (TPSA) is 12.5 Å². The van der Waals surface area contributed by atoms with Crippen molar-refractivity contribution in [2.24, 2.45) is 0 Å². The lowest BCUT2D eigenvalue weighted by atomic mass is 10.2. The highest BCUT2D eigenvalue weighted by Gasteiger charge is 2.08. The first-order valence-corrected chi connectivity index (χ1v) is 6.15. The van der Waals surface area contributed by atoms with E-state index in [0.717, 1.165) is 17.0 Å². The van der Waals surface area contributed by atoms with Crippen molar-refractivity contribution in [1.29, 1.82) is 0 Å². The molecule has 0 N–H and O–H groups in total. The maximum absolute atomic E-state index is 5.67. The third-order valence-electron chi connectivity index (χ3n) is 2.61. The molecule has 0 aliphatic heterocycles. The Balaban J connectivity index is 2.09. The van der Waals surface area contributed by atoms with Crippen molar-refractivity contribution < 1.29 is 4.74 Å². The Labute approximate surface area is 113 Å². The molecule has 92 valence electrons. The summed E-state index contributed by atoms with van der Waals surface area (Å²) in [6.45, 7) is 2.02. The van der Waals surface area contributed by atoms with E-state index < -0.39 is 0 Å². The minimum Gasteiger partial charge on any atom is -0.432 e. The van der Waals surface area contributed by atoms with E-state index in [-0.39, 0.29) is 0 Å². The molecule has 0 unspecified atom stereocenters. The Morgan fingerprint density at radius 2 is 1.78 bits per heavy atom. The molecular formula is C15H15NOS. The van der Waals surface area contributed by atoms with Gasteiger partial charge in [-0.3, -0.25) is 0 Å². The number of benzene rings is 2. The Morgan fingerprint density at radius 3 is 2.44 bits per heavy atom. The van der Waals surface area contributed by atoms with Gasteiger partial charge in [0, 0.05) is 12.7 Å². The fourth-order valence-corrected chi connectivity index (χ4v) is 1.81. The third-order valence-corrected chi connectivity index (χ3v) is 2.97. The molecule has 0 bridgehead atoms. The maximum atomic E-state index is 5.67. The summed E-state index contributed by atoms with van der Waals surface area (Å²) in [4.78, 5) is 1.84. The summed E-state index contributed by atoms with van der Waals surface area (Å²) >= 11 is 5.29. The van der Waals surface area contributed by atoms with Crippen LogP contribution in [0.1, 0.15) is 5.56 Å².